The van der Waals surface area contributed by atoms with E-state index in [9.17, 15) is 9.90 Å². The van der Waals surface area contributed by atoms with Crippen molar-refractivity contribution in [2.75, 3.05) is 7.11 Å². The Morgan fingerprint density at radius 2 is 2.05 bits per heavy atom. The lowest BCUT2D eigenvalue weighted by atomic mass is 10.00. The Kier molecular flexibility index (Phi) is 4.65. The van der Waals surface area contributed by atoms with Crippen LogP contribution >= 0.6 is 0 Å². The van der Waals surface area contributed by atoms with Crippen molar-refractivity contribution < 1.29 is 14.6 Å². The van der Waals surface area contributed by atoms with Crippen LogP contribution in [0.3, 0.4) is 0 Å². The Bertz CT molecular complexity index is 597. The van der Waals surface area contributed by atoms with Crippen molar-refractivity contribution in [2.45, 2.75) is 26.4 Å². The van der Waals surface area contributed by atoms with E-state index in [2.05, 4.69) is 10.3 Å². The summed E-state index contributed by atoms with van der Waals surface area (Å²) < 4.78 is 4.87. The van der Waals surface area contributed by atoms with Crippen LogP contribution in [0.2, 0.25) is 0 Å². The molecule has 0 aliphatic rings. The summed E-state index contributed by atoms with van der Waals surface area (Å²) in [5.41, 5.74) is 3.31. The molecule has 0 fully saturated rings. The Balaban J connectivity index is 2.25. The number of hydrogen-bond acceptors (Lipinski definition) is 4. The summed E-state index contributed by atoms with van der Waals surface area (Å²) in [6.07, 6.45) is 3.70. The fourth-order valence-electron chi connectivity index (χ4n) is 2.30. The van der Waals surface area contributed by atoms with Crippen molar-refractivity contribution in [1.82, 2.24) is 10.3 Å². The second-order valence-electron chi connectivity index (χ2n) is 5.06. The number of ether oxygens (including phenoxy) is 1. The average molecular weight is 288 g/mol. The second-order valence-corrected chi connectivity index (χ2v) is 5.06. The lowest BCUT2D eigenvalue weighted by molar-refractivity contribution is -0.143. The average Bonchev–Trinajstić information content (AvgIpc) is 2.97. The number of nitrogens with one attached hydrogen (secondary N) is 2. The fourth-order valence-corrected chi connectivity index (χ4v) is 2.30. The van der Waals surface area contributed by atoms with Gasteiger partial charge in [-0.05, 0) is 42.2 Å². The molecule has 1 atom stereocenters. The summed E-state index contributed by atoms with van der Waals surface area (Å²) in [6.45, 7) is 4.17. The molecule has 0 aliphatic heterocycles. The van der Waals surface area contributed by atoms with Crippen LogP contribution in [-0.2, 0) is 16.1 Å². The first kappa shape index (κ1) is 15.1. The highest BCUT2D eigenvalue weighted by atomic mass is 16.5. The summed E-state index contributed by atoms with van der Waals surface area (Å²) >= 11 is 0. The molecule has 5 heteroatoms. The van der Waals surface area contributed by atoms with E-state index in [-0.39, 0.29) is 11.7 Å². The number of phenolic OH excluding ortho intramolecular Hbond substituents is 1. The minimum atomic E-state index is -0.567. The molecule has 1 aromatic carbocycles. The molecule has 0 radical (unpaired) electrons. The SMILES string of the molecule is COC(=O)[C@@H](NCc1cc[nH]c1)c1cc(C)c(O)c(C)c1. The number of H-pyrrole nitrogens is 1. The third-order valence-electron chi connectivity index (χ3n) is 3.46. The minimum absolute atomic E-state index is 0.257. The quantitative estimate of drug-likeness (QED) is 0.738. The molecular weight excluding hydrogens is 268 g/mol. The molecule has 3 N–H and O–H groups in total. The van der Waals surface area contributed by atoms with Gasteiger partial charge in [0, 0.05) is 18.9 Å². The number of benzene rings is 1. The van der Waals surface area contributed by atoms with Crippen LogP contribution in [0.1, 0.15) is 28.3 Å². The molecule has 0 saturated heterocycles. The first-order valence-corrected chi connectivity index (χ1v) is 6.76. The predicted octanol–water partition coefficient (Wildman–Crippen LogP) is 2.34. The molecule has 21 heavy (non-hydrogen) atoms. The van der Waals surface area contributed by atoms with Crippen molar-refractivity contribution in [3.05, 3.63) is 52.8 Å². The molecule has 0 saturated carbocycles. The van der Waals surface area contributed by atoms with E-state index in [1.54, 1.807) is 12.1 Å². The molecule has 112 valence electrons. The van der Waals surface area contributed by atoms with E-state index in [1.165, 1.54) is 7.11 Å². The number of aromatic hydroxyl groups is 1. The number of methoxy groups -OCH3 is 1. The lowest BCUT2D eigenvalue weighted by Gasteiger charge is -2.18. The number of esters is 1. The molecule has 1 aromatic heterocycles. The first-order valence-electron chi connectivity index (χ1n) is 6.76. The van der Waals surface area contributed by atoms with Crippen LogP contribution < -0.4 is 5.32 Å². The van der Waals surface area contributed by atoms with Crippen LogP contribution in [0.15, 0.2) is 30.6 Å². The molecule has 0 aliphatic carbocycles. The Morgan fingerprint density at radius 1 is 1.38 bits per heavy atom. The summed E-state index contributed by atoms with van der Waals surface area (Å²) in [5.74, 6) is -0.0944. The maximum atomic E-state index is 12.0. The number of aryl methyl sites for hydroxylation is 2. The summed E-state index contributed by atoms with van der Waals surface area (Å²) in [6, 6.07) is 4.97. The number of phenols is 1. The van der Waals surface area contributed by atoms with E-state index in [0.29, 0.717) is 6.54 Å². The zero-order valence-electron chi connectivity index (χ0n) is 12.4. The highest BCUT2D eigenvalue weighted by Gasteiger charge is 2.22. The van der Waals surface area contributed by atoms with Gasteiger partial charge in [0.05, 0.1) is 7.11 Å². The summed E-state index contributed by atoms with van der Waals surface area (Å²) in [7, 11) is 1.37. The van der Waals surface area contributed by atoms with E-state index >= 15 is 0 Å². The Morgan fingerprint density at radius 3 is 2.57 bits per heavy atom. The predicted molar refractivity (Wildman–Crippen MR) is 80.0 cm³/mol. The second kappa shape index (κ2) is 6.45. The molecule has 0 unspecified atom stereocenters. The van der Waals surface area contributed by atoms with Crippen LogP contribution in [0.5, 0.6) is 5.75 Å². The zero-order chi connectivity index (χ0) is 15.4. The van der Waals surface area contributed by atoms with Gasteiger partial charge in [0.2, 0.25) is 0 Å². The molecular formula is C16H20N2O3. The molecule has 2 rings (SSSR count). The Hall–Kier alpha value is -2.27. The smallest absolute Gasteiger partial charge is 0.327 e. The summed E-state index contributed by atoms with van der Waals surface area (Å²) in [4.78, 5) is 15.0. The number of aromatic nitrogens is 1. The van der Waals surface area contributed by atoms with Gasteiger partial charge in [-0.25, -0.2) is 4.79 Å². The van der Waals surface area contributed by atoms with Crippen LogP contribution in [0, 0.1) is 13.8 Å². The van der Waals surface area contributed by atoms with Gasteiger partial charge in [-0.3, -0.25) is 5.32 Å². The van der Waals surface area contributed by atoms with Crippen LogP contribution in [0.25, 0.3) is 0 Å². The molecule has 0 bridgehead atoms. The van der Waals surface area contributed by atoms with Crippen LogP contribution in [0.4, 0.5) is 0 Å². The fraction of sp³-hybridized carbons (Fsp3) is 0.312. The van der Waals surface area contributed by atoms with Crippen molar-refractivity contribution >= 4 is 5.97 Å². The maximum Gasteiger partial charge on any atom is 0.327 e. The number of hydrogen-bond donors (Lipinski definition) is 3. The third kappa shape index (κ3) is 3.44. The normalized spacial score (nSPS) is 12.1. The number of carbonyl (C=O) groups excluding carboxylic acids is 1. The number of rotatable bonds is 5. The molecule has 0 amide bonds. The van der Waals surface area contributed by atoms with Gasteiger partial charge in [0.1, 0.15) is 11.8 Å². The van der Waals surface area contributed by atoms with Crippen molar-refractivity contribution in [2.24, 2.45) is 0 Å². The van der Waals surface area contributed by atoms with Crippen molar-refractivity contribution in [1.29, 1.82) is 0 Å². The molecule has 0 spiro atoms. The Labute approximate surface area is 124 Å². The summed E-state index contributed by atoms with van der Waals surface area (Å²) in [5, 5.41) is 13.0. The zero-order valence-corrected chi connectivity index (χ0v) is 12.4. The van der Waals surface area contributed by atoms with E-state index in [1.807, 2.05) is 32.3 Å². The van der Waals surface area contributed by atoms with E-state index in [0.717, 1.165) is 22.3 Å². The third-order valence-corrected chi connectivity index (χ3v) is 3.46. The van der Waals surface area contributed by atoms with Gasteiger partial charge in [0.25, 0.3) is 0 Å². The van der Waals surface area contributed by atoms with Crippen molar-refractivity contribution in [3.63, 3.8) is 0 Å². The van der Waals surface area contributed by atoms with Crippen molar-refractivity contribution in [3.8, 4) is 5.75 Å². The van der Waals surface area contributed by atoms with Gasteiger partial charge in [-0.15, -0.1) is 0 Å². The largest absolute Gasteiger partial charge is 0.507 e. The first-order chi connectivity index (χ1) is 10.0. The monoisotopic (exact) mass is 288 g/mol. The van der Waals surface area contributed by atoms with Gasteiger partial charge in [0.15, 0.2) is 0 Å². The van der Waals surface area contributed by atoms with Crippen LogP contribution in [-0.4, -0.2) is 23.2 Å². The highest BCUT2D eigenvalue weighted by molar-refractivity contribution is 5.78. The standard InChI is InChI=1S/C16H20N2O3/c1-10-6-13(7-11(2)15(10)19)14(16(20)21-3)18-9-12-4-5-17-8-12/h4-8,14,17-19H,9H2,1-3H3/t14-/m0/s1. The molecule has 1 heterocycles. The van der Waals surface area contributed by atoms with E-state index < -0.39 is 6.04 Å². The van der Waals surface area contributed by atoms with Gasteiger partial charge < -0.3 is 14.8 Å². The highest BCUT2D eigenvalue weighted by Crippen LogP contribution is 2.27. The lowest BCUT2D eigenvalue weighted by Crippen LogP contribution is -2.29. The topological polar surface area (TPSA) is 74.3 Å². The number of aromatic amines is 1. The van der Waals surface area contributed by atoms with Gasteiger partial charge >= 0.3 is 5.97 Å². The molecule has 2 aromatic rings. The molecule has 5 nitrogen and oxygen atoms in total. The van der Waals surface area contributed by atoms with Gasteiger partial charge in [-0.1, -0.05) is 12.1 Å². The number of carbonyl (C=O) groups is 1. The van der Waals surface area contributed by atoms with E-state index in [4.69, 9.17) is 4.74 Å². The van der Waals surface area contributed by atoms with Gasteiger partial charge in [-0.2, -0.15) is 0 Å². The minimum Gasteiger partial charge on any atom is -0.507 e. The maximum absolute atomic E-state index is 12.0.